The van der Waals surface area contributed by atoms with E-state index in [1.165, 1.54) is 11.1 Å². The molecule has 33 heavy (non-hydrogen) atoms. The molecule has 1 N–H and O–H groups in total. The second-order valence-electron chi connectivity index (χ2n) is 8.74. The lowest BCUT2D eigenvalue weighted by Gasteiger charge is -2.36. The van der Waals surface area contributed by atoms with Gasteiger partial charge < -0.3 is 4.90 Å². The number of halogens is 2. The standard InChI is InChI=1S/C23H25BrClN5O2S/c24-20-17(25)5-6-26-21(20)29-9-7-28(8-10-29)12-14-1-2-15-13-30(23(33)16(15)11-14)18-3-4-19(31)27-22(18)32/h1-2,5-6,11,18,23,33H,3-4,7-10,12-13H2,(H,27,31,32). The van der Waals surface area contributed by atoms with Crippen LogP contribution < -0.4 is 10.2 Å². The maximum Gasteiger partial charge on any atom is 0.243 e. The number of piperidine rings is 1. The number of anilines is 1. The van der Waals surface area contributed by atoms with Crippen LogP contribution >= 0.6 is 40.2 Å². The molecule has 7 nitrogen and oxygen atoms in total. The van der Waals surface area contributed by atoms with Gasteiger partial charge in [0.1, 0.15) is 5.82 Å². The van der Waals surface area contributed by atoms with Crippen molar-refractivity contribution in [3.8, 4) is 0 Å². The zero-order valence-electron chi connectivity index (χ0n) is 18.0. The third-order valence-electron chi connectivity index (χ3n) is 6.67. The number of imide groups is 1. The zero-order valence-corrected chi connectivity index (χ0v) is 21.2. The lowest BCUT2D eigenvalue weighted by atomic mass is 10.0. The highest BCUT2D eigenvalue weighted by Gasteiger charge is 2.39. The second kappa shape index (κ2) is 9.54. The molecule has 1 aromatic carbocycles. The third kappa shape index (κ3) is 4.66. The van der Waals surface area contributed by atoms with Crippen molar-refractivity contribution in [2.24, 2.45) is 0 Å². The molecule has 0 saturated carbocycles. The highest BCUT2D eigenvalue weighted by Crippen LogP contribution is 2.40. The van der Waals surface area contributed by atoms with Gasteiger partial charge in [-0.1, -0.05) is 29.8 Å². The van der Waals surface area contributed by atoms with Crippen LogP contribution in [-0.2, 0) is 22.7 Å². The van der Waals surface area contributed by atoms with Gasteiger partial charge in [-0.25, -0.2) is 4.98 Å². The van der Waals surface area contributed by atoms with Gasteiger partial charge in [0.15, 0.2) is 0 Å². The molecule has 2 atom stereocenters. The van der Waals surface area contributed by atoms with Crippen molar-refractivity contribution >= 4 is 57.8 Å². The smallest absolute Gasteiger partial charge is 0.243 e. The number of benzene rings is 1. The minimum Gasteiger partial charge on any atom is -0.353 e. The topological polar surface area (TPSA) is 68.8 Å². The number of nitrogens with zero attached hydrogens (tertiary/aromatic N) is 4. The maximum absolute atomic E-state index is 12.4. The fraction of sp³-hybridized carbons (Fsp3) is 0.435. The third-order valence-corrected chi connectivity index (χ3v) is 8.57. The van der Waals surface area contributed by atoms with E-state index in [4.69, 9.17) is 24.2 Å². The van der Waals surface area contributed by atoms with Crippen LogP contribution in [0, 0.1) is 0 Å². The van der Waals surface area contributed by atoms with E-state index < -0.39 is 0 Å². The van der Waals surface area contributed by atoms with E-state index in [0.29, 0.717) is 24.4 Å². The first-order valence-corrected chi connectivity index (χ1v) is 12.8. The summed E-state index contributed by atoms with van der Waals surface area (Å²) >= 11 is 14.6. The largest absolute Gasteiger partial charge is 0.353 e. The van der Waals surface area contributed by atoms with Crippen molar-refractivity contribution in [3.05, 3.63) is 56.6 Å². The van der Waals surface area contributed by atoms with Crippen LogP contribution in [0.25, 0.3) is 0 Å². The molecular weight excluding hydrogens is 526 g/mol. The summed E-state index contributed by atoms with van der Waals surface area (Å²) in [5.41, 5.74) is 3.60. The summed E-state index contributed by atoms with van der Waals surface area (Å²) in [7, 11) is 0. The number of hydrogen-bond acceptors (Lipinski definition) is 7. The molecule has 1 aromatic heterocycles. The molecule has 10 heteroatoms. The van der Waals surface area contributed by atoms with Crippen molar-refractivity contribution in [1.82, 2.24) is 20.1 Å². The Morgan fingerprint density at radius 1 is 1.18 bits per heavy atom. The zero-order chi connectivity index (χ0) is 23.1. The maximum atomic E-state index is 12.4. The molecule has 2 aromatic rings. The van der Waals surface area contributed by atoms with Gasteiger partial charge in [-0.05, 0) is 45.1 Å². The van der Waals surface area contributed by atoms with Gasteiger partial charge in [0.2, 0.25) is 11.8 Å². The van der Waals surface area contributed by atoms with E-state index in [1.807, 2.05) is 0 Å². The predicted octanol–water partition coefficient (Wildman–Crippen LogP) is 3.37. The normalized spacial score (nSPS) is 24.2. The van der Waals surface area contributed by atoms with Gasteiger partial charge in [0.25, 0.3) is 0 Å². The Morgan fingerprint density at radius 2 is 1.97 bits per heavy atom. The Balaban J connectivity index is 1.22. The summed E-state index contributed by atoms with van der Waals surface area (Å²) in [6.07, 6.45) is 2.66. The first-order chi connectivity index (χ1) is 15.9. The number of fused-ring (bicyclic) bond motifs is 1. The number of rotatable bonds is 4. The van der Waals surface area contributed by atoms with E-state index in [9.17, 15) is 9.59 Å². The summed E-state index contributed by atoms with van der Waals surface area (Å²) in [5.74, 6) is 0.493. The van der Waals surface area contributed by atoms with Gasteiger partial charge in [-0.3, -0.25) is 24.7 Å². The minimum atomic E-state index is -0.312. The SMILES string of the molecule is O=C1CCC(N2Cc3ccc(CN4CCN(c5nccc(Cl)c5Br)CC4)cc3C2S)C(=O)N1. The quantitative estimate of drug-likeness (QED) is 0.450. The predicted molar refractivity (Wildman–Crippen MR) is 134 cm³/mol. The van der Waals surface area contributed by atoms with Gasteiger partial charge >= 0.3 is 0 Å². The van der Waals surface area contributed by atoms with Crippen molar-refractivity contribution < 1.29 is 9.59 Å². The Hall–Kier alpha value is -1.65. The molecule has 3 aliphatic heterocycles. The molecule has 0 spiro atoms. The molecule has 5 rings (SSSR count). The molecule has 3 aliphatic rings. The summed E-state index contributed by atoms with van der Waals surface area (Å²) in [4.78, 5) is 35.1. The summed E-state index contributed by atoms with van der Waals surface area (Å²) < 4.78 is 0.846. The summed E-state index contributed by atoms with van der Waals surface area (Å²) in [6.45, 7) is 5.18. The van der Waals surface area contributed by atoms with Gasteiger partial charge in [0, 0.05) is 51.9 Å². The Kier molecular flexibility index (Phi) is 6.68. The van der Waals surface area contributed by atoms with E-state index in [1.54, 1.807) is 12.3 Å². The van der Waals surface area contributed by atoms with Gasteiger partial charge in [0.05, 0.1) is 20.9 Å². The Bertz CT molecular complexity index is 1090. The van der Waals surface area contributed by atoms with Crippen LogP contribution in [-0.4, -0.2) is 58.8 Å². The first-order valence-electron chi connectivity index (χ1n) is 11.1. The lowest BCUT2D eigenvalue weighted by Crippen LogP contribution is -2.51. The highest BCUT2D eigenvalue weighted by atomic mass is 79.9. The van der Waals surface area contributed by atoms with Crippen LogP contribution in [0.3, 0.4) is 0 Å². The van der Waals surface area contributed by atoms with E-state index >= 15 is 0 Å². The molecule has 2 unspecified atom stereocenters. The summed E-state index contributed by atoms with van der Waals surface area (Å²) in [5, 5.41) is 2.99. The molecule has 0 bridgehead atoms. The van der Waals surface area contributed by atoms with E-state index in [2.05, 4.69) is 59.1 Å². The van der Waals surface area contributed by atoms with Gasteiger partial charge in [-0.2, -0.15) is 12.6 Å². The van der Waals surface area contributed by atoms with E-state index in [-0.39, 0.29) is 23.2 Å². The summed E-state index contributed by atoms with van der Waals surface area (Å²) in [6, 6.07) is 8.03. The second-order valence-corrected chi connectivity index (χ2v) is 10.4. The molecule has 0 aliphatic carbocycles. The van der Waals surface area contributed by atoms with Crippen molar-refractivity contribution in [2.75, 3.05) is 31.1 Å². The van der Waals surface area contributed by atoms with Crippen LogP contribution in [0.4, 0.5) is 5.82 Å². The highest BCUT2D eigenvalue weighted by molar-refractivity contribution is 9.10. The van der Waals surface area contributed by atoms with Crippen LogP contribution in [0.1, 0.15) is 34.9 Å². The van der Waals surface area contributed by atoms with Crippen molar-refractivity contribution in [3.63, 3.8) is 0 Å². The van der Waals surface area contributed by atoms with Crippen molar-refractivity contribution in [2.45, 2.75) is 37.3 Å². The number of thiol groups is 1. The molecular formula is C23H25BrClN5O2S. The monoisotopic (exact) mass is 549 g/mol. The molecule has 2 saturated heterocycles. The Morgan fingerprint density at radius 3 is 2.73 bits per heavy atom. The lowest BCUT2D eigenvalue weighted by molar-refractivity contribution is -0.137. The molecule has 4 heterocycles. The molecule has 2 fully saturated rings. The number of carbonyl (C=O) groups excluding carboxylic acids is 2. The number of hydrogen-bond donors (Lipinski definition) is 2. The fourth-order valence-electron chi connectivity index (χ4n) is 4.87. The number of piperazine rings is 1. The number of aromatic nitrogens is 1. The van der Waals surface area contributed by atoms with E-state index in [0.717, 1.165) is 48.6 Å². The Labute approximate surface area is 212 Å². The average molecular weight is 551 g/mol. The number of nitrogens with one attached hydrogen (secondary N) is 1. The van der Waals surface area contributed by atoms with Crippen LogP contribution in [0.5, 0.6) is 0 Å². The number of carbonyl (C=O) groups is 2. The fourth-order valence-corrected chi connectivity index (χ4v) is 5.98. The van der Waals surface area contributed by atoms with Crippen LogP contribution in [0.15, 0.2) is 34.9 Å². The van der Waals surface area contributed by atoms with Crippen molar-refractivity contribution in [1.29, 1.82) is 0 Å². The van der Waals surface area contributed by atoms with Gasteiger partial charge in [-0.15, -0.1) is 0 Å². The number of amides is 2. The molecule has 0 radical (unpaired) electrons. The first kappa shape index (κ1) is 23.1. The minimum absolute atomic E-state index is 0.146. The average Bonchev–Trinajstić information content (AvgIpc) is 3.12. The van der Waals surface area contributed by atoms with Crippen LogP contribution in [0.2, 0.25) is 5.02 Å². The molecule has 174 valence electrons. The molecule has 2 amide bonds. The number of pyridine rings is 1.